The van der Waals surface area contributed by atoms with Gasteiger partial charge in [0.25, 0.3) is 0 Å². The quantitative estimate of drug-likeness (QED) is 0.585. The Kier molecular flexibility index (Phi) is 6.01. The van der Waals surface area contributed by atoms with Crippen molar-refractivity contribution in [3.05, 3.63) is 58.4 Å². The van der Waals surface area contributed by atoms with Gasteiger partial charge < -0.3 is 0 Å². The van der Waals surface area contributed by atoms with Gasteiger partial charge in [-0.15, -0.1) is 0 Å². The largest absolute Gasteiger partial charge is 0.212 e. The van der Waals surface area contributed by atoms with Crippen LogP contribution in [0.3, 0.4) is 0 Å². The number of hydrogen-bond donors (Lipinski definition) is 0. The molecule has 19 heavy (non-hydrogen) atoms. The number of benzene rings is 1. The predicted octanol–water partition coefficient (Wildman–Crippen LogP) is 5.95. The standard InChI is InChI=1S/C16H19F.C2H6/c1-11(17)10-15-9-8-14-6-4-5-7-16(14)13(3)12(15)2;1-2/h4-7,10,13H,8-9H2,1-3H3;1-2H3/b11-10+;. The summed E-state index contributed by atoms with van der Waals surface area (Å²) in [7, 11) is 0. The first-order chi connectivity index (χ1) is 9.09. The highest BCUT2D eigenvalue weighted by Gasteiger charge is 2.18. The van der Waals surface area contributed by atoms with E-state index in [1.807, 2.05) is 13.8 Å². The molecule has 0 spiro atoms. The molecule has 1 atom stereocenters. The summed E-state index contributed by atoms with van der Waals surface area (Å²) < 4.78 is 13.1. The van der Waals surface area contributed by atoms with Crippen LogP contribution >= 0.6 is 0 Å². The van der Waals surface area contributed by atoms with Crippen molar-refractivity contribution >= 4 is 0 Å². The highest BCUT2D eigenvalue weighted by molar-refractivity contribution is 5.42. The van der Waals surface area contributed by atoms with Gasteiger partial charge in [0.15, 0.2) is 0 Å². The minimum absolute atomic E-state index is 0.0995. The third-order valence-corrected chi connectivity index (χ3v) is 3.71. The summed E-state index contributed by atoms with van der Waals surface area (Å²) >= 11 is 0. The third kappa shape index (κ3) is 3.79. The fraction of sp³-hybridized carbons (Fsp3) is 0.444. The number of halogens is 1. The Morgan fingerprint density at radius 1 is 1.21 bits per heavy atom. The summed E-state index contributed by atoms with van der Waals surface area (Å²) in [5, 5.41) is 0. The Morgan fingerprint density at radius 2 is 1.84 bits per heavy atom. The van der Waals surface area contributed by atoms with Crippen molar-refractivity contribution in [2.24, 2.45) is 0 Å². The molecule has 0 saturated heterocycles. The van der Waals surface area contributed by atoms with E-state index in [9.17, 15) is 4.39 Å². The van der Waals surface area contributed by atoms with Crippen molar-refractivity contribution in [3.63, 3.8) is 0 Å². The number of rotatable bonds is 1. The van der Waals surface area contributed by atoms with Crippen LogP contribution in [-0.2, 0) is 6.42 Å². The van der Waals surface area contributed by atoms with Crippen LogP contribution in [0.2, 0.25) is 0 Å². The van der Waals surface area contributed by atoms with E-state index >= 15 is 0 Å². The van der Waals surface area contributed by atoms with E-state index in [1.165, 1.54) is 23.6 Å². The van der Waals surface area contributed by atoms with Crippen LogP contribution in [0.15, 0.2) is 47.3 Å². The molecule has 0 amide bonds. The van der Waals surface area contributed by atoms with Crippen LogP contribution < -0.4 is 0 Å². The molecule has 0 nitrogen and oxygen atoms in total. The highest BCUT2D eigenvalue weighted by atomic mass is 19.1. The van der Waals surface area contributed by atoms with Gasteiger partial charge in [0.2, 0.25) is 0 Å². The predicted molar refractivity (Wildman–Crippen MR) is 82.1 cm³/mol. The number of allylic oxidation sites excluding steroid dienone is 4. The molecule has 0 aromatic heterocycles. The van der Waals surface area contributed by atoms with E-state index in [2.05, 4.69) is 38.1 Å². The molecule has 104 valence electrons. The molecule has 2 rings (SSSR count). The summed E-state index contributed by atoms with van der Waals surface area (Å²) in [6.07, 6.45) is 3.64. The Labute approximate surface area is 117 Å². The topological polar surface area (TPSA) is 0 Å². The Balaban J connectivity index is 0.000000861. The molecular weight excluding hydrogens is 235 g/mol. The molecule has 1 aliphatic rings. The summed E-state index contributed by atoms with van der Waals surface area (Å²) in [6.45, 7) is 9.85. The number of fused-ring (bicyclic) bond motifs is 1. The van der Waals surface area contributed by atoms with E-state index in [0.717, 1.165) is 18.4 Å². The maximum Gasteiger partial charge on any atom is 0.0971 e. The second-order valence-electron chi connectivity index (χ2n) is 4.86. The Morgan fingerprint density at radius 3 is 2.47 bits per heavy atom. The van der Waals surface area contributed by atoms with Crippen LogP contribution in [0.5, 0.6) is 0 Å². The van der Waals surface area contributed by atoms with Crippen molar-refractivity contribution in [1.82, 2.24) is 0 Å². The van der Waals surface area contributed by atoms with Crippen molar-refractivity contribution in [2.45, 2.75) is 53.4 Å². The lowest BCUT2D eigenvalue weighted by Gasteiger charge is -2.15. The molecular formula is C18H25F. The van der Waals surface area contributed by atoms with Gasteiger partial charge in [0, 0.05) is 5.92 Å². The van der Waals surface area contributed by atoms with Crippen LogP contribution in [0.4, 0.5) is 4.39 Å². The van der Waals surface area contributed by atoms with Gasteiger partial charge in [-0.05, 0) is 49.5 Å². The molecule has 0 bridgehead atoms. The smallest absolute Gasteiger partial charge is 0.0971 e. The monoisotopic (exact) mass is 260 g/mol. The normalized spacial score (nSPS) is 19.3. The fourth-order valence-corrected chi connectivity index (χ4v) is 2.59. The van der Waals surface area contributed by atoms with Crippen molar-refractivity contribution in [1.29, 1.82) is 0 Å². The average Bonchev–Trinajstić information content (AvgIpc) is 2.54. The summed E-state index contributed by atoms with van der Waals surface area (Å²) in [5.41, 5.74) is 5.25. The van der Waals surface area contributed by atoms with E-state index in [1.54, 1.807) is 6.08 Å². The second-order valence-corrected chi connectivity index (χ2v) is 4.86. The van der Waals surface area contributed by atoms with E-state index < -0.39 is 0 Å². The van der Waals surface area contributed by atoms with Crippen LogP contribution in [-0.4, -0.2) is 0 Å². The third-order valence-electron chi connectivity index (χ3n) is 3.71. The first-order valence-corrected chi connectivity index (χ1v) is 7.21. The van der Waals surface area contributed by atoms with Crippen LogP contribution in [0.1, 0.15) is 58.1 Å². The lowest BCUT2D eigenvalue weighted by Crippen LogP contribution is -1.97. The van der Waals surface area contributed by atoms with Gasteiger partial charge in [-0.25, -0.2) is 4.39 Å². The molecule has 0 aliphatic heterocycles. The van der Waals surface area contributed by atoms with Gasteiger partial charge in [-0.3, -0.25) is 0 Å². The average molecular weight is 260 g/mol. The molecule has 0 heterocycles. The van der Waals surface area contributed by atoms with Crippen molar-refractivity contribution in [2.75, 3.05) is 0 Å². The number of hydrogen-bond acceptors (Lipinski definition) is 0. The van der Waals surface area contributed by atoms with Gasteiger partial charge in [-0.2, -0.15) is 0 Å². The molecule has 1 heteroatoms. The van der Waals surface area contributed by atoms with E-state index in [-0.39, 0.29) is 5.83 Å². The zero-order valence-electron chi connectivity index (χ0n) is 12.8. The molecule has 0 saturated carbocycles. The first-order valence-electron chi connectivity index (χ1n) is 7.21. The summed E-state index contributed by atoms with van der Waals surface area (Å²) in [6, 6.07) is 8.55. The zero-order chi connectivity index (χ0) is 14.4. The minimum Gasteiger partial charge on any atom is -0.212 e. The lowest BCUT2D eigenvalue weighted by atomic mass is 9.90. The van der Waals surface area contributed by atoms with Crippen LogP contribution in [0.25, 0.3) is 0 Å². The van der Waals surface area contributed by atoms with Gasteiger partial charge in [-0.1, -0.05) is 50.6 Å². The van der Waals surface area contributed by atoms with Crippen molar-refractivity contribution < 1.29 is 4.39 Å². The Hall–Kier alpha value is -1.37. The molecule has 1 aromatic rings. The highest BCUT2D eigenvalue weighted by Crippen LogP contribution is 2.34. The maximum atomic E-state index is 13.1. The minimum atomic E-state index is -0.0995. The summed E-state index contributed by atoms with van der Waals surface area (Å²) in [5.74, 6) is 0.289. The Bertz CT molecular complexity index is 476. The van der Waals surface area contributed by atoms with Gasteiger partial charge >= 0.3 is 0 Å². The lowest BCUT2D eigenvalue weighted by molar-refractivity contribution is 0.637. The molecule has 0 fully saturated rings. The number of aryl methyl sites for hydroxylation is 1. The van der Waals surface area contributed by atoms with E-state index in [4.69, 9.17) is 0 Å². The van der Waals surface area contributed by atoms with Gasteiger partial charge in [0.05, 0.1) is 5.83 Å². The maximum absolute atomic E-state index is 13.1. The SMILES string of the molecule is CC.CC1=C(/C=C(\C)F)CCc2ccccc2C1C. The van der Waals surface area contributed by atoms with Crippen LogP contribution in [0, 0.1) is 0 Å². The zero-order valence-corrected chi connectivity index (χ0v) is 12.8. The summed E-state index contributed by atoms with van der Waals surface area (Å²) in [4.78, 5) is 0. The molecule has 1 unspecified atom stereocenters. The molecule has 1 aromatic carbocycles. The molecule has 0 radical (unpaired) electrons. The van der Waals surface area contributed by atoms with E-state index in [0.29, 0.717) is 5.92 Å². The molecule has 1 aliphatic carbocycles. The first kappa shape index (κ1) is 15.7. The fourth-order valence-electron chi connectivity index (χ4n) is 2.59. The van der Waals surface area contributed by atoms with Crippen molar-refractivity contribution in [3.8, 4) is 0 Å². The molecule has 0 N–H and O–H groups in total. The second kappa shape index (κ2) is 7.28. The van der Waals surface area contributed by atoms with Gasteiger partial charge in [0.1, 0.15) is 0 Å².